The van der Waals surface area contributed by atoms with Gasteiger partial charge in [0.25, 0.3) is 0 Å². The molecule has 1 fully saturated rings. The van der Waals surface area contributed by atoms with E-state index in [9.17, 15) is 4.79 Å². The van der Waals surface area contributed by atoms with Crippen LogP contribution in [0.4, 0.5) is 0 Å². The lowest BCUT2D eigenvalue weighted by atomic mass is 9.96. The molecule has 4 heteroatoms. The van der Waals surface area contributed by atoms with Crippen molar-refractivity contribution in [2.45, 2.75) is 32.1 Å². The van der Waals surface area contributed by atoms with Gasteiger partial charge in [-0.05, 0) is 30.0 Å². The van der Waals surface area contributed by atoms with Crippen LogP contribution in [0, 0.1) is 5.92 Å². The van der Waals surface area contributed by atoms with Crippen LogP contribution >= 0.6 is 23.2 Å². The summed E-state index contributed by atoms with van der Waals surface area (Å²) in [5.74, 6) is 0.224. The third-order valence-corrected chi connectivity index (χ3v) is 4.17. The van der Waals surface area contributed by atoms with Crippen molar-refractivity contribution in [3.8, 4) is 0 Å². The summed E-state index contributed by atoms with van der Waals surface area (Å²) in [5, 5.41) is 1.02. The Balaban J connectivity index is 2.28. The lowest BCUT2D eigenvalue weighted by Gasteiger charge is -2.13. The SMILES string of the molecule is COC(=O)c1cc(Cl)cc(CC2CCCC2)c1Cl. The Bertz CT molecular complexity index is 451. The minimum atomic E-state index is -0.435. The first-order valence-corrected chi connectivity index (χ1v) is 6.93. The molecule has 2 nitrogen and oxygen atoms in total. The predicted octanol–water partition coefficient (Wildman–Crippen LogP) is 4.51. The van der Waals surface area contributed by atoms with Crippen molar-refractivity contribution in [1.29, 1.82) is 0 Å². The number of hydrogen-bond donors (Lipinski definition) is 0. The molecule has 1 saturated carbocycles. The smallest absolute Gasteiger partial charge is 0.339 e. The highest BCUT2D eigenvalue weighted by Gasteiger charge is 2.20. The Morgan fingerprint density at radius 2 is 2.00 bits per heavy atom. The van der Waals surface area contributed by atoms with Crippen LogP contribution in [0.3, 0.4) is 0 Å². The van der Waals surface area contributed by atoms with Crippen molar-refractivity contribution in [2.75, 3.05) is 7.11 Å². The summed E-state index contributed by atoms with van der Waals surface area (Å²) >= 11 is 12.3. The van der Waals surface area contributed by atoms with E-state index < -0.39 is 5.97 Å². The summed E-state index contributed by atoms with van der Waals surface area (Å²) in [6.45, 7) is 0. The van der Waals surface area contributed by atoms with Gasteiger partial charge in [0, 0.05) is 5.02 Å². The van der Waals surface area contributed by atoms with Crippen molar-refractivity contribution in [3.05, 3.63) is 33.3 Å². The lowest BCUT2D eigenvalue weighted by Crippen LogP contribution is -2.06. The molecule has 1 aliphatic carbocycles. The van der Waals surface area contributed by atoms with Crippen LogP contribution in [0.1, 0.15) is 41.6 Å². The van der Waals surface area contributed by atoms with Gasteiger partial charge in [-0.2, -0.15) is 0 Å². The van der Waals surface area contributed by atoms with Crippen LogP contribution in [-0.2, 0) is 11.2 Å². The van der Waals surface area contributed by atoms with E-state index in [4.69, 9.17) is 27.9 Å². The van der Waals surface area contributed by atoms with E-state index >= 15 is 0 Å². The largest absolute Gasteiger partial charge is 0.465 e. The monoisotopic (exact) mass is 286 g/mol. The molecule has 0 aliphatic heterocycles. The molecule has 0 bridgehead atoms. The van der Waals surface area contributed by atoms with Crippen LogP contribution in [0.5, 0.6) is 0 Å². The Morgan fingerprint density at radius 3 is 2.61 bits per heavy atom. The molecular formula is C14H16Cl2O2. The number of ether oxygens (including phenoxy) is 1. The molecule has 0 atom stereocenters. The highest BCUT2D eigenvalue weighted by molar-refractivity contribution is 6.36. The zero-order valence-corrected chi connectivity index (χ0v) is 11.9. The van der Waals surface area contributed by atoms with Crippen molar-refractivity contribution in [2.24, 2.45) is 5.92 Å². The molecule has 1 aliphatic rings. The van der Waals surface area contributed by atoms with E-state index in [-0.39, 0.29) is 0 Å². The second kappa shape index (κ2) is 5.94. The molecule has 0 radical (unpaired) electrons. The second-order valence-corrected chi connectivity index (χ2v) is 5.59. The minimum absolute atomic E-state index is 0.361. The molecule has 0 amide bonds. The number of rotatable bonds is 3. The van der Waals surface area contributed by atoms with Gasteiger partial charge in [0.05, 0.1) is 17.7 Å². The van der Waals surface area contributed by atoms with Crippen LogP contribution in [-0.4, -0.2) is 13.1 Å². The molecule has 0 aromatic heterocycles. The molecule has 2 rings (SSSR count). The van der Waals surface area contributed by atoms with Crippen LogP contribution in [0.15, 0.2) is 12.1 Å². The normalized spacial score (nSPS) is 15.9. The van der Waals surface area contributed by atoms with Crippen molar-refractivity contribution in [3.63, 3.8) is 0 Å². The molecule has 98 valence electrons. The predicted molar refractivity (Wildman–Crippen MR) is 73.5 cm³/mol. The van der Waals surface area contributed by atoms with Gasteiger partial charge in [-0.15, -0.1) is 0 Å². The molecule has 1 aromatic carbocycles. The Labute approximate surface area is 117 Å². The average Bonchev–Trinajstić information content (AvgIpc) is 2.85. The fourth-order valence-corrected chi connectivity index (χ4v) is 3.08. The number of hydrogen-bond acceptors (Lipinski definition) is 2. The van der Waals surface area contributed by atoms with Gasteiger partial charge in [-0.3, -0.25) is 0 Å². The van der Waals surface area contributed by atoms with Crippen molar-refractivity contribution >= 4 is 29.2 Å². The molecular weight excluding hydrogens is 271 g/mol. The summed E-state index contributed by atoms with van der Waals surface area (Å²) in [7, 11) is 1.34. The van der Waals surface area contributed by atoms with Gasteiger partial charge >= 0.3 is 5.97 Å². The molecule has 0 unspecified atom stereocenters. The highest BCUT2D eigenvalue weighted by atomic mass is 35.5. The highest BCUT2D eigenvalue weighted by Crippen LogP contribution is 2.33. The summed E-state index contributed by atoms with van der Waals surface area (Å²) in [6.07, 6.45) is 5.93. The fraction of sp³-hybridized carbons (Fsp3) is 0.500. The van der Waals surface area contributed by atoms with E-state index in [0.29, 0.717) is 21.5 Å². The number of methoxy groups -OCH3 is 1. The van der Waals surface area contributed by atoms with Gasteiger partial charge in [0.1, 0.15) is 0 Å². The zero-order chi connectivity index (χ0) is 13.1. The standard InChI is InChI=1S/C14H16Cl2O2/c1-18-14(17)12-8-11(15)7-10(13(12)16)6-9-4-2-3-5-9/h7-9H,2-6H2,1H3. The maximum absolute atomic E-state index is 11.6. The maximum atomic E-state index is 11.6. The van der Waals surface area contributed by atoms with Crippen LogP contribution in [0.2, 0.25) is 10.0 Å². The third kappa shape index (κ3) is 2.99. The van der Waals surface area contributed by atoms with Crippen molar-refractivity contribution < 1.29 is 9.53 Å². The van der Waals surface area contributed by atoms with E-state index in [1.54, 1.807) is 6.07 Å². The molecule has 18 heavy (non-hydrogen) atoms. The van der Waals surface area contributed by atoms with Crippen LogP contribution in [0.25, 0.3) is 0 Å². The molecule has 0 heterocycles. The number of benzene rings is 1. The second-order valence-electron chi connectivity index (χ2n) is 4.77. The molecule has 0 N–H and O–H groups in total. The summed E-state index contributed by atoms with van der Waals surface area (Å²) < 4.78 is 4.72. The summed E-state index contributed by atoms with van der Waals surface area (Å²) in [4.78, 5) is 11.6. The van der Waals surface area contributed by atoms with Gasteiger partial charge < -0.3 is 4.74 Å². The first kappa shape index (κ1) is 13.7. The van der Waals surface area contributed by atoms with E-state index in [1.807, 2.05) is 6.07 Å². The minimum Gasteiger partial charge on any atom is -0.465 e. The number of halogens is 2. The molecule has 1 aromatic rings. The number of esters is 1. The summed E-state index contributed by atoms with van der Waals surface area (Å²) in [6, 6.07) is 3.42. The van der Waals surface area contributed by atoms with Crippen molar-refractivity contribution in [1.82, 2.24) is 0 Å². The van der Waals surface area contributed by atoms with Gasteiger partial charge in [0.15, 0.2) is 0 Å². The first-order valence-electron chi connectivity index (χ1n) is 6.18. The van der Waals surface area contributed by atoms with E-state index in [1.165, 1.54) is 32.8 Å². The maximum Gasteiger partial charge on any atom is 0.339 e. The third-order valence-electron chi connectivity index (χ3n) is 3.50. The fourth-order valence-electron chi connectivity index (χ4n) is 2.58. The number of carbonyl (C=O) groups excluding carboxylic acids is 1. The Hall–Kier alpha value is -0.730. The molecule has 0 spiro atoms. The topological polar surface area (TPSA) is 26.3 Å². The molecule has 0 saturated heterocycles. The van der Waals surface area contributed by atoms with E-state index in [0.717, 1.165) is 12.0 Å². The average molecular weight is 287 g/mol. The quantitative estimate of drug-likeness (QED) is 0.764. The van der Waals surface area contributed by atoms with Gasteiger partial charge in [-0.1, -0.05) is 48.9 Å². The van der Waals surface area contributed by atoms with E-state index in [2.05, 4.69) is 0 Å². The van der Waals surface area contributed by atoms with Gasteiger partial charge in [0.2, 0.25) is 0 Å². The lowest BCUT2D eigenvalue weighted by molar-refractivity contribution is 0.0601. The Kier molecular flexibility index (Phi) is 4.52. The number of carbonyl (C=O) groups is 1. The zero-order valence-electron chi connectivity index (χ0n) is 10.3. The Morgan fingerprint density at radius 1 is 1.33 bits per heavy atom. The van der Waals surface area contributed by atoms with Gasteiger partial charge in [-0.25, -0.2) is 4.79 Å². The summed E-state index contributed by atoms with van der Waals surface area (Å²) in [5.41, 5.74) is 1.32. The first-order chi connectivity index (χ1) is 8.61. The van der Waals surface area contributed by atoms with Crippen LogP contribution < -0.4 is 0 Å².